The quantitative estimate of drug-likeness (QED) is 0.320. The van der Waals surface area contributed by atoms with Crippen LogP contribution in [0.15, 0.2) is 17.1 Å². The van der Waals surface area contributed by atoms with Gasteiger partial charge >= 0.3 is 0 Å². The zero-order valence-corrected chi connectivity index (χ0v) is 6.90. The molecule has 0 heterocycles. The number of aliphatic imine (C=N–C) groups is 1. The van der Waals surface area contributed by atoms with Gasteiger partial charge in [-0.3, -0.25) is 0 Å². The van der Waals surface area contributed by atoms with Crippen molar-refractivity contribution in [2.75, 3.05) is 0 Å². The normalized spacial score (nSPS) is 31.3. The minimum Gasteiger partial charge on any atom is -0.229 e. The summed E-state index contributed by atoms with van der Waals surface area (Å²) >= 11 is 4.55. The number of allylic oxidation sites excluding steroid dienone is 1. The van der Waals surface area contributed by atoms with Gasteiger partial charge in [0.15, 0.2) is 0 Å². The second-order valence-electron chi connectivity index (χ2n) is 2.65. The maximum absolute atomic E-state index is 4.55. The highest BCUT2D eigenvalue weighted by Crippen LogP contribution is 2.19. The monoisotopic (exact) mass is 153 g/mol. The first kappa shape index (κ1) is 7.64. The van der Waals surface area contributed by atoms with Crippen LogP contribution in [-0.4, -0.2) is 11.2 Å². The van der Waals surface area contributed by atoms with Crippen molar-refractivity contribution in [3.8, 4) is 0 Å². The number of thiocarbonyl (C=S) groups is 1. The summed E-state index contributed by atoms with van der Waals surface area (Å²) in [6, 6.07) is 0.391. The van der Waals surface area contributed by atoms with Gasteiger partial charge in [0.05, 0.1) is 11.2 Å². The Kier molecular flexibility index (Phi) is 2.79. The molecule has 0 aromatic rings. The van der Waals surface area contributed by atoms with Crippen molar-refractivity contribution in [1.29, 1.82) is 0 Å². The molecule has 1 rings (SSSR count). The van der Waals surface area contributed by atoms with Crippen LogP contribution in [0.5, 0.6) is 0 Å². The highest BCUT2D eigenvalue weighted by molar-refractivity contribution is 7.78. The third kappa shape index (κ3) is 1.76. The van der Waals surface area contributed by atoms with Crippen LogP contribution in [0, 0.1) is 5.92 Å². The van der Waals surface area contributed by atoms with Gasteiger partial charge in [0.25, 0.3) is 0 Å². The first-order valence-corrected chi connectivity index (χ1v) is 3.99. The maximum atomic E-state index is 4.55. The standard InChI is InChI=1S/C8H11NS/c1-7-4-2-3-5-8(7)9-6-10/h2,4,7-8H,3,5H2,1H3. The molecule has 2 unspecified atom stereocenters. The van der Waals surface area contributed by atoms with Crippen molar-refractivity contribution in [1.82, 2.24) is 0 Å². The largest absolute Gasteiger partial charge is 0.229 e. The summed E-state index contributed by atoms with van der Waals surface area (Å²) in [5.74, 6) is 0.546. The number of nitrogens with zero attached hydrogens (tertiary/aromatic N) is 1. The van der Waals surface area contributed by atoms with Crippen LogP contribution < -0.4 is 0 Å². The van der Waals surface area contributed by atoms with Crippen LogP contribution in [0.4, 0.5) is 0 Å². The van der Waals surface area contributed by atoms with Crippen molar-refractivity contribution in [3.05, 3.63) is 12.2 Å². The van der Waals surface area contributed by atoms with Crippen LogP contribution in [-0.2, 0) is 0 Å². The van der Waals surface area contributed by atoms with Gasteiger partial charge in [-0.1, -0.05) is 19.1 Å². The average molecular weight is 153 g/mol. The Balaban J connectivity index is 2.60. The molecule has 2 heteroatoms. The number of rotatable bonds is 1. The molecule has 0 aliphatic heterocycles. The molecule has 0 aromatic heterocycles. The van der Waals surface area contributed by atoms with Gasteiger partial charge in [-0.05, 0) is 31.0 Å². The lowest BCUT2D eigenvalue weighted by Gasteiger charge is -2.18. The van der Waals surface area contributed by atoms with Crippen LogP contribution in [0.2, 0.25) is 0 Å². The molecule has 0 amide bonds. The van der Waals surface area contributed by atoms with E-state index in [1.165, 1.54) is 0 Å². The average Bonchev–Trinajstić information content (AvgIpc) is 1.94. The topological polar surface area (TPSA) is 12.4 Å². The summed E-state index contributed by atoms with van der Waals surface area (Å²) < 4.78 is 0. The van der Waals surface area contributed by atoms with Crippen LogP contribution in [0.1, 0.15) is 19.8 Å². The van der Waals surface area contributed by atoms with Gasteiger partial charge in [-0.25, -0.2) is 4.99 Å². The molecule has 0 saturated carbocycles. The summed E-state index contributed by atoms with van der Waals surface area (Å²) in [5, 5.41) is 2.44. The van der Waals surface area contributed by atoms with Gasteiger partial charge < -0.3 is 0 Å². The fraction of sp³-hybridized carbons (Fsp3) is 0.625. The van der Waals surface area contributed by atoms with Gasteiger partial charge in [-0.15, -0.1) is 0 Å². The second kappa shape index (κ2) is 3.65. The Morgan fingerprint density at radius 2 is 2.50 bits per heavy atom. The zero-order chi connectivity index (χ0) is 7.40. The Morgan fingerprint density at radius 3 is 3.10 bits per heavy atom. The maximum Gasteiger partial charge on any atom is 0.0665 e. The smallest absolute Gasteiger partial charge is 0.0665 e. The summed E-state index contributed by atoms with van der Waals surface area (Å²) in [4.78, 5) is 4.08. The number of hydrogen-bond donors (Lipinski definition) is 0. The summed E-state index contributed by atoms with van der Waals surface area (Å²) in [6.45, 7) is 2.16. The van der Waals surface area contributed by atoms with E-state index >= 15 is 0 Å². The fourth-order valence-electron chi connectivity index (χ4n) is 1.22. The van der Waals surface area contributed by atoms with Crippen molar-refractivity contribution < 1.29 is 0 Å². The summed E-state index contributed by atoms with van der Waals surface area (Å²) in [6.07, 6.45) is 6.67. The minimum absolute atomic E-state index is 0.391. The Labute approximate surface area is 66.9 Å². The lowest BCUT2D eigenvalue weighted by atomic mass is 9.93. The molecule has 10 heavy (non-hydrogen) atoms. The third-order valence-electron chi connectivity index (χ3n) is 1.89. The van der Waals surface area contributed by atoms with E-state index in [0.717, 1.165) is 12.8 Å². The van der Waals surface area contributed by atoms with Crippen molar-refractivity contribution in [2.45, 2.75) is 25.8 Å². The van der Waals surface area contributed by atoms with Crippen molar-refractivity contribution in [2.24, 2.45) is 10.9 Å². The second-order valence-corrected chi connectivity index (χ2v) is 2.83. The zero-order valence-electron chi connectivity index (χ0n) is 6.08. The van der Waals surface area contributed by atoms with E-state index in [1.807, 2.05) is 0 Å². The van der Waals surface area contributed by atoms with Crippen molar-refractivity contribution in [3.63, 3.8) is 0 Å². The molecule has 0 saturated heterocycles. The Bertz CT molecular complexity index is 180. The summed E-state index contributed by atoms with van der Waals surface area (Å²) in [7, 11) is 0. The van der Waals surface area contributed by atoms with Crippen LogP contribution in [0.25, 0.3) is 0 Å². The molecule has 54 valence electrons. The molecule has 1 nitrogen and oxygen atoms in total. The first-order valence-electron chi connectivity index (χ1n) is 3.58. The van der Waals surface area contributed by atoms with Crippen molar-refractivity contribution >= 4 is 17.4 Å². The molecular weight excluding hydrogens is 142 g/mol. The number of hydrogen-bond acceptors (Lipinski definition) is 2. The molecule has 1 aliphatic rings. The van der Waals surface area contributed by atoms with E-state index in [9.17, 15) is 0 Å². The lowest BCUT2D eigenvalue weighted by Crippen LogP contribution is -2.15. The molecular formula is C8H11NS. The predicted octanol–water partition coefficient (Wildman–Crippen LogP) is 2.44. The predicted molar refractivity (Wildman–Crippen MR) is 46.4 cm³/mol. The van der Waals surface area contributed by atoms with E-state index in [2.05, 4.69) is 41.4 Å². The molecule has 0 spiro atoms. The Hall–Kier alpha value is -0.460. The molecule has 0 N–H and O–H groups in total. The Morgan fingerprint density at radius 1 is 1.70 bits per heavy atom. The van der Waals surface area contributed by atoms with E-state index in [-0.39, 0.29) is 0 Å². The van der Waals surface area contributed by atoms with E-state index in [4.69, 9.17) is 0 Å². The van der Waals surface area contributed by atoms with E-state index < -0.39 is 0 Å². The SMILES string of the molecule is CC1C=CCCC1N=C=S. The molecule has 0 radical (unpaired) electrons. The van der Waals surface area contributed by atoms with Gasteiger partial charge in [0.2, 0.25) is 0 Å². The first-order chi connectivity index (χ1) is 4.84. The van der Waals surface area contributed by atoms with Gasteiger partial charge in [0.1, 0.15) is 0 Å². The highest BCUT2D eigenvalue weighted by atomic mass is 32.1. The molecule has 2 atom stereocenters. The lowest BCUT2D eigenvalue weighted by molar-refractivity contribution is 0.492. The van der Waals surface area contributed by atoms with Crippen LogP contribution >= 0.6 is 12.2 Å². The molecule has 0 bridgehead atoms. The van der Waals surface area contributed by atoms with E-state index in [1.54, 1.807) is 0 Å². The van der Waals surface area contributed by atoms with Gasteiger partial charge in [0, 0.05) is 0 Å². The minimum atomic E-state index is 0.391. The summed E-state index contributed by atoms with van der Waals surface area (Å²) in [5.41, 5.74) is 0. The molecule has 1 aliphatic carbocycles. The third-order valence-corrected chi connectivity index (χ3v) is 2.00. The number of isothiocyanates is 1. The molecule has 0 fully saturated rings. The molecule has 0 aromatic carbocycles. The van der Waals surface area contributed by atoms with Crippen LogP contribution in [0.3, 0.4) is 0 Å². The highest BCUT2D eigenvalue weighted by Gasteiger charge is 2.15. The van der Waals surface area contributed by atoms with Gasteiger partial charge in [-0.2, -0.15) is 0 Å². The fourth-order valence-corrected chi connectivity index (χ4v) is 1.35. The van der Waals surface area contributed by atoms with E-state index in [0.29, 0.717) is 12.0 Å².